The van der Waals surface area contributed by atoms with E-state index < -0.39 is 59.9 Å². The van der Waals surface area contributed by atoms with Crippen LogP contribution >= 0.6 is 11.8 Å². The van der Waals surface area contributed by atoms with Gasteiger partial charge in [-0.25, -0.2) is 0 Å². The fourth-order valence-electron chi connectivity index (χ4n) is 7.11. The molecule has 59 heavy (non-hydrogen) atoms. The number of nitrogens with zero attached hydrogens (tertiary/aromatic N) is 4. The van der Waals surface area contributed by atoms with Crippen molar-refractivity contribution in [3.05, 3.63) is 83.4 Å². The number of fused-ring (bicyclic) bond motifs is 2. The van der Waals surface area contributed by atoms with Gasteiger partial charge in [0.25, 0.3) is 0 Å². The molecule has 0 saturated carbocycles. The maximum Gasteiger partial charge on any atom is 0.247 e. The summed E-state index contributed by atoms with van der Waals surface area (Å²) in [6.07, 6.45) is 1.32. The number of ether oxygens (including phenoxy) is 3. The van der Waals surface area contributed by atoms with Gasteiger partial charge in [-0.15, -0.1) is 11.8 Å². The zero-order chi connectivity index (χ0) is 43.0. The van der Waals surface area contributed by atoms with E-state index in [0.717, 1.165) is 17.5 Å². The number of aliphatic imine (C=N–C) groups is 1. The number of rotatable bonds is 6. The van der Waals surface area contributed by atoms with Crippen LogP contribution in [0.5, 0.6) is 23.0 Å². The number of carbonyl (C=O) groups excluding carboxylic acids is 5. The molecule has 14 nitrogen and oxygen atoms in total. The fraction of sp³-hybridized carbons (Fsp3) is 0.455. The third-order valence-electron chi connectivity index (χ3n) is 10.8. The van der Waals surface area contributed by atoms with Crippen molar-refractivity contribution < 1.29 is 38.2 Å². The Bertz CT molecular complexity index is 2030. The molecule has 0 unspecified atom stereocenters. The van der Waals surface area contributed by atoms with E-state index in [1.165, 1.54) is 42.6 Å². The van der Waals surface area contributed by atoms with Gasteiger partial charge in [-0.05, 0) is 92.5 Å². The minimum absolute atomic E-state index is 0.0404. The second-order valence-electron chi connectivity index (χ2n) is 15.0. The Morgan fingerprint density at radius 1 is 0.729 bits per heavy atom. The van der Waals surface area contributed by atoms with Gasteiger partial charge in [0.05, 0.1) is 25.3 Å². The van der Waals surface area contributed by atoms with Crippen LogP contribution in [0.2, 0.25) is 0 Å². The van der Waals surface area contributed by atoms with Gasteiger partial charge in [-0.1, -0.05) is 37.3 Å². The molecule has 3 aliphatic rings. The Labute approximate surface area is 351 Å². The number of hydrogen-bond acceptors (Lipinski definition) is 10. The molecule has 0 fully saturated rings. The monoisotopic (exact) mass is 828 g/mol. The van der Waals surface area contributed by atoms with Crippen molar-refractivity contribution >= 4 is 46.3 Å². The number of amides is 5. The van der Waals surface area contributed by atoms with Crippen LogP contribution < -0.4 is 24.8 Å². The lowest BCUT2D eigenvalue weighted by atomic mass is 9.99. The number of thioether (sulfide) groups is 1. The highest BCUT2D eigenvalue weighted by Crippen LogP contribution is 2.34. The van der Waals surface area contributed by atoms with Gasteiger partial charge in [0, 0.05) is 34.0 Å². The summed E-state index contributed by atoms with van der Waals surface area (Å²) in [4.78, 5) is 80.9. The van der Waals surface area contributed by atoms with Gasteiger partial charge in [0.2, 0.25) is 29.5 Å². The molecule has 316 valence electrons. The minimum atomic E-state index is -1.12. The van der Waals surface area contributed by atoms with Crippen LogP contribution in [0.4, 0.5) is 0 Å². The van der Waals surface area contributed by atoms with Gasteiger partial charge < -0.3 is 39.5 Å². The molecule has 0 spiro atoms. The third kappa shape index (κ3) is 10.7. The molecule has 0 aromatic heterocycles. The first-order valence-corrected chi connectivity index (χ1v) is 20.8. The highest BCUT2D eigenvalue weighted by molar-refractivity contribution is 8.14. The zero-order valence-corrected chi connectivity index (χ0v) is 36.1. The summed E-state index contributed by atoms with van der Waals surface area (Å²) in [6.45, 7) is 6.83. The third-order valence-corrected chi connectivity index (χ3v) is 12.0. The number of benzene rings is 3. The molecule has 2 N–H and O–H groups in total. The lowest BCUT2D eigenvalue weighted by Gasteiger charge is -2.36. The second kappa shape index (κ2) is 19.9. The average Bonchev–Trinajstić information content (AvgIpc) is 3.23. The summed E-state index contributed by atoms with van der Waals surface area (Å²) in [7, 11) is 7.88. The smallest absolute Gasteiger partial charge is 0.247 e. The second-order valence-corrected chi connectivity index (χ2v) is 16.2. The molecule has 3 heterocycles. The van der Waals surface area contributed by atoms with Crippen LogP contribution in [0.3, 0.4) is 0 Å². The van der Waals surface area contributed by atoms with Crippen LogP contribution in [-0.4, -0.2) is 127 Å². The molecule has 15 heteroatoms. The molecule has 0 aliphatic carbocycles. The van der Waals surface area contributed by atoms with E-state index in [1.807, 2.05) is 43.3 Å². The normalized spacial score (nSPS) is 23.7. The largest absolute Gasteiger partial charge is 0.497 e. The SMILES string of the molecule is CCCSC1=N[C@@H](C)C(=O)N(C)[C@H]2Cc3ccc(cc3)Oc3cc(ccc3OC)C[C@@H](C(=O)N[C@H](C)C(=O)N[C@@H](C)C(=O)N(C)[C@H]1Cc1ccc(OC)cc1)N(C)C2=O. The van der Waals surface area contributed by atoms with Gasteiger partial charge in [-0.2, -0.15) is 0 Å². The Morgan fingerprint density at radius 3 is 2.00 bits per heavy atom. The molecule has 3 aromatic carbocycles. The Morgan fingerprint density at radius 2 is 1.36 bits per heavy atom. The fourth-order valence-corrected chi connectivity index (χ4v) is 8.19. The van der Waals surface area contributed by atoms with Gasteiger partial charge in [0.15, 0.2) is 11.5 Å². The number of likely N-dealkylation sites (N-methyl/N-ethyl adjacent to an activating group) is 3. The molecular formula is C44H56N6O8S. The molecule has 3 aromatic rings. The van der Waals surface area contributed by atoms with E-state index in [-0.39, 0.29) is 18.7 Å². The van der Waals surface area contributed by atoms with Crippen molar-refractivity contribution in [1.82, 2.24) is 25.3 Å². The molecule has 6 atom stereocenters. The number of methoxy groups -OCH3 is 2. The quantitative estimate of drug-likeness (QED) is 0.370. The van der Waals surface area contributed by atoms with Crippen LogP contribution in [0.15, 0.2) is 71.7 Å². The number of hydrogen-bond donors (Lipinski definition) is 2. The van der Waals surface area contributed by atoms with E-state index in [9.17, 15) is 24.0 Å². The van der Waals surface area contributed by atoms with Crippen LogP contribution in [0, 0.1) is 0 Å². The minimum Gasteiger partial charge on any atom is -0.497 e. The lowest BCUT2D eigenvalue weighted by Crippen LogP contribution is -2.59. The summed E-state index contributed by atoms with van der Waals surface area (Å²) in [6, 6.07) is 14.2. The van der Waals surface area contributed by atoms with Crippen molar-refractivity contribution in [3.63, 3.8) is 0 Å². The molecule has 0 saturated heterocycles. The maximum absolute atomic E-state index is 14.8. The predicted molar refractivity (Wildman–Crippen MR) is 228 cm³/mol. The van der Waals surface area contributed by atoms with E-state index in [0.29, 0.717) is 45.8 Å². The average molecular weight is 829 g/mol. The Kier molecular flexibility index (Phi) is 15.0. The molecular weight excluding hydrogens is 773 g/mol. The molecule has 6 bridgehead atoms. The number of carbonyl (C=O) groups is 5. The zero-order valence-electron chi connectivity index (χ0n) is 35.3. The van der Waals surface area contributed by atoms with Crippen molar-refractivity contribution in [2.24, 2.45) is 4.99 Å². The molecule has 3 aliphatic heterocycles. The number of nitrogens with one attached hydrogen (secondary N) is 2. The van der Waals surface area contributed by atoms with E-state index in [2.05, 4.69) is 10.6 Å². The van der Waals surface area contributed by atoms with Gasteiger partial charge in [0.1, 0.15) is 41.7 Å². The molecule has 6 rings (SSSR count). The van der Waals surface area contributed by atoms with Crippen LogP contribution in [0.1, 0.15) is 50.8 Å². The van der Waals surface area contributed by atoms with E-state index in [4.69, 9.17) is 19.2 Å². The van der Waals surface area contributed by atoms with Crippen molar-refractivity contribution in [3.8, 4) is 23.0 Å². The summed E-state index contributed by atoms with van der Waals surface area (Å²) >= 11 is 1.47. The van der Waals surface area contributed by atoms with Crippen molar-refractivity contribution in [2.45, 2.75) is 89.6 Å². The van der Waals surface area contributed by atoms with Crippen LogP contribution in [0.25, 0.3) is 0 Å². The highest BCUT2D eigenvalue weighted by atomic mass is 32.2. The summed E-state index contributed by atoms with van der Waals surface area (Å²) in [5.74, 6) is 0.322. The van der Waals surface area contributed by atoms with Crippen molar-refractivity contribution in [1.29, 1.82) is 0 Å². The Balaban J connectivity index is 1.65. The standard InChI is InChI=1S/C44H56N6O8S/c1-10-21-59-41-35(22-29-11-16-32(56-8)17-12-29)49(6)42(53)27(3)46-39(51)26(2)45-40(52)34-24-31-15-20-37(57-9)38(25-31)58-33-18-13-30(14-19-33)23-36(44(55)48(34)5)50(7)43(54)28(4)47-41/h11-20,25-28,34-36H,10,21-24H2,1-9H3,(H,45,52)(H,46,51)/t26-,27+,28+,34+,35+,36+/m1/s1. The predicted octanol–water partition coefficient (Wildman–Crippen LogP) is 4.27. The van der Waals surface area contributed by atoms with Gasteiger partial charge in [-0.3, -0.25) is 29.0 Å². The first kappa shape index (κ1) is 44.5. The summed E-state index contributed by atoms with van der Waals surface area (Å²) in [5, 5.41) is 6.13. The van der Waals surface area contributed by atoms with E-state index in [1.54, 1.807) is 70.3 Å². The summed E-state index contributed by atoms with van der Waals surface area (Å²) in [5.41, 5.74) is 2.30. The van der Waals surface area contributed by atoms with E-state index >= 15 is 0 Å². The van der Waals surface area contributed by atoms with Crippen molar-refractivity contribution in [2.75, 3.05) is 41.1 Å². The Hall–Kier alpha value is -5.57. The molecule has 5 amide bonds. The lowest BCUT2D eigenvalue weighted by molar-refractivity contribution is -0.148. The maximum atomic E-state index is 14.8. The molecule has 0 radical (unpaired) electrons. The topological polar surface area (TPSA) is 159 Å². The highest BCUT2D eigenvalue weighted by Gasteiger charge is 2.38. The van der Waals surface area contributed by atoms with Gasteiger partial charge >= 0.3 is 0 Å². The van der Waals surface area contributed by atoms with Crippen LogP contribution in [-0.2, 0) is 43.2 Å². The first-order valence-electron chi connectivity index (χ1n) is 19.8. The summed E-state index contributed by atoms with van der Waals surface area (Å²) < 4.78 is 17.2. The first-order chi connectivity index (χ1) is 28.1.